The number of thiocarbonyl (C=S) groups is 1. The monoisotopic (exact) mass is 230 g/mol. The van der Waals surface area contributed by atoms with E-state index in [2.05, 4.69) is 24.1 Å². The molecule has 0 aromatic heterocycles. The molecular formula is C11H22N2OS. The van der Waals surface area contributed by atoms with Crippen molar-refractivity contribution in [2.24, 2.45) is 0 Å². The third kappa shape index (κ3) is 3.95. The Labute approximate surface area is 98.2 Å². The molecule has 88 valence electrons. The summed E-state index contributed by atoms with van der Waals surface area (Å²) in [5, 5.41) is 4.11. The quantitative estimate of drug-likeness (QED) is 0.744. The highest BCUT2D eigenvalue weighted by Gasteiger charge is 2.17. The summed E-state index contributed by atoms with van der Waals surface area (Å²) in [6, 6.07) is 0.495. The summed E-state index contributed by atoms with van der Waals surface area (Å²) in [7, 11) is 2.04. The number of hydrogen-bond acceptors (Lipinski definition) is 2. The zero-order valence-electron chi connectivity index (χ0n) is 9.95. The molecule has 0 unspecified atom stereocenters. The van der Waals surface area contributed by atoms with Crippen LogP contribution >= 0.6 is 12.2 Å². The number of nitrogens with one attached hydrogen (secondary N) is 1. The average molecular weight is 230 g/mol. The molecular weight excluding hydrogens is 208 g/mol. The predicted molar refractivity (Wildman–Crippen MR) is 67.1 cm³/mol. The number of rotatable bonds is 4. The van der Waals surface area contributed by atoms with E-state index in [0.717, 1.165) is 31.1 Å². The second kappa shape index (κ2) is 6.28. The van der Waals surface area contributed by atoms with E-state index >= 15 is 0 Å². The van der Waals surface area contributed by atoms with Crippen molar-refractivity contribution in [3.05, 3.63) is 0 Å². The molecule has 1 fully saturated rings. The molecule has 0 aliphatic carbocycles. The average Bonchev–Trinajstić information content (AvgIpc) is 2.76. The van der Waals surface area contributed by atoms with E-state index in [1.165, 1.54) is 6.42 Å². The third-order valence-electron chi connectivity index (χ3n) is 3.08. The SMILES string of the molecule is CC[C@H](C)N(C)C(=S)NC[C@H]1CCCO1. The summed E-state index contributed by atoms with van der Waals surface area (Å²) < 4.78 is 5.53. The Morgan fingerprint density at radius 3 is 2.93 bits per heavy atom. The summed E-state index contributed by atoms with van der Waals surface area (Å²) in [4.78, 5) is 2.12. The van der Waals surface area contributed by atoms with Crippen molar-refractivity contribution < 1.29 is 4.74 Å². The first-order valence-corrected chi connectivity index (χ1v) is 6.18. The van der Waals surface area contributed by atoms with Crippen molar-refractivity contribution in [3.8, 4) is 0 Å². The zero-order chi connectivity index (χ0) is 11.3. The van der Waals surface area contributed by atoms with Gasteiger partial charge in [0.1, 0.15) is 0 Å². The molecule has 0 aromatic carbocycles. The third-order valence-corrected chi connectivity index (χ3v) is 3.51. The minimum Gasteiger partial charge on any atom is -0.376 e. The smallest absolute Gasteiger partial charge is 0.169 e. The Kier molecular flexibility index (Phi) is 5.32. The molecule has 1 aliphatic heterocycles. The first-order chi connectivity index (χ1) is 7.15. The zero-order valence-corrected chi connectivity index (χ0v) is 10.8. The second-order valence-corrected chi connectivity index (χ2v) is 4.58. The minimum absolute atomic E-state index is 0.355. The molecule has 15 heavy (non-hydrogen) atoms. The molecule has 1 N–H and O–H groups in total. The van der Waals surface area contributed by atoms with Crippen LogP contribution in [-0.4, -0.2) is 42.4 Å². The summed E-state index contributed by atoms with van der Waals surface area (Å²) >= 11 is 5.31. The van der Waals surface area contributed by atoms with Crippen LogP contribution in [0.5, 0.6) is 0 Å². The molecule has 0 saturated carbocycles. The molecule has 1 rings (SSSR count). The number of nitrogens with zero attached hydrogens (tertiary/aromatic N) is 1. The van der Waals surface area contributed by atoms with Crippen molar-refractivity contribution in [2.75, 3.05) is 20.2 Å². The van der Waals surface area contributed by atoms with Gasteiger partial charge in [-0.2, -0.15) is 0 Å². The Bertz CT molecular complexity index is 205. The molecule has 4 heteroatoms. The van der Waals surface area contributed by atoms with Crippen molar-refractivity contribution in [2.45, 2.75) is 45.3 Å². The lowest BCUT2D eigenvalue weighted by Crippen LogP contribution is -2.44. The van der Waals surface area contributed by atoms with Gasteiger partial charge in [0, 0.05) is 26.2 Å². The summed E-state index contributed by atoms with van der Waals surface area (Å²) in [6.07, 6.45) is 3.80. The van der Waals surface area contributed by atoms with Crippen LogP contribution in [0.3, 0.4) is 0 Å². The van der Waals surface area contributed by atoms with E-state index in [1.807, 2.05) is 7.05 Å². The summed E-state index contributed by atoms with van der Waals surface area (Å²) in [6.45, 7) is 6.10. The fourth-order valence-corrected chi connectivity index (χ4v) is 1.87. The molecule has 0 spiro atoms. The van der Waals surface area contributed by atoms with Crippen molar-refractivity contribution in [1.82, 2.24) is 10.2 Å². The van der Waals surface area contributed by atoms with Crippen LogP contribution in [-0.2, 0) is 4.74 Å². The molecule has 0 aromatic rings. The van der Waals surface area contributed by atoms with Gasteiger partial charge in [0.2, 0.25) is 0 Å². The van der Waals surface area contributed by atoms with Crippen LogP contribution in [0.4, 0.5) is 0 Å². The normalized spacial score (nSPS) is 22.5. The van der Waals surface area contributed by atoms with Crippen molar-refractivity contribution in [3.63, 3.8) is 0 Å². The van der Waals surface area contributed by atoms with Gasteiger partial charge in [0.05, 0.1) is 6.10 Å². The maximum absolute atomic E-state index is 5.53. The standard InChI is InChI=1S/C11H22N2OS/c1-4-9(2)13(3)11(15)12-8-10-6-5-7-14-10/h9-10H,4-8H2,1-3H3,(H,12,15)/t9-,10+/m0/s1. The lowest BCUT2D eigenvalue weighted by Gasteiger charge is -2.27. The van der Waals surface area contributed by atoms with E-state index in [1.54, 1.807) is 0 Å². The van der Waals surface area contributed by atoms with Crippen LogP contribution in [0.2, 0.25) is 0 Å². The van der Waals surface area contributed by atoms with E-state index in [9.17, 15) is 0 Å². The molecule has 3 nitrogen and oxygen atoms in total. The highest BCUT2D eigenvalue weighted by molar-refractivity contribution is 7.80. The molecule has 2 atom stereocenters. The highest BCUT2D eigenvalue weighted by atomic mass is 32.1. The van der Waals surface area contributed by atoms with Crippen molar-refractivity contribution >= 4 is 17.3 Å². The van der Waals surface area contributed by atoms with Gasteiger partial charge >= 0.3 is 0 Å². The molecule has 0 bridgehead atoms. The van der Waals surface area contributed by atoms with E-state index in [-0.39, 0.29) is 0 Å². The first-order valence-electron chi connectivity index (χ1n) is 5.77. The van der Waals surface area contributed by atoms with Crippen LogP contribution in [0, 0.1) is 0 Å². The van der Waals surface area contributed by atoms with E-state index in [0.29, 0.717) is 12.1 Å². The minimum atomic E-state index is 0.355. The maximum atomic E-state index is 5.53. The van der Waals surface area contributed by atoms with Gasteiger partial charge in [-0.05, 0) is 38.4 Å². The number of hydrogen-bond donors (Lipinski definition) is 1. The van der Waals surface area contributed by atoms with Gasteiger partial charge in [-0.1, -0.05) is 6.92 Å². The summed E-state index contributed by atoms with van der Waals surface area (Å²) in [5.74, 6) is 0. The van der Waals surface area contributed by atoms with Crippen LogP contribution in [0.15, 0.2) is 0 Å². The van der Waals surface area contributed by atoms with Crippen LogP contribution in [0.1, 0.15) is 33.1 Å². The molecule has 0 radical (unpaired) electrons. The van der Waals surface area contributed by atoms with Gasteiger partial charge in [-0.3, -0.25) is 0 Å². The van der Waals surface area contributed by atoms with Gasteiger partial charge in [0.15, 0.2) is 5.11 Å². The van der Waals surface area contributed by atoms with Crippen LogP contribution in [0.25, 0.3) is 0 Å². The lowest BCUT2D eigenvalue weighted by atomic mass is 10.2. The Morgan fingerprint density at radius 1 is 1.67 bits per heavy atom. The van der Waals surface area contributed by atoms with Crippen molar-refractivity contribution in [1.29, 1.82) is 0 Å². The second-order valence-electron chi connectivity index (χ2n) is 4.19. The van der Waals surface area contributed by atoms with Gasteiger partial charge in [-0.15, -0.1) is 0 Å². The van der Waals surface area contributed by atoms with Crippen LogP contribution < -0.4 is 5.32 Å². The Morgan fingerprint density at radius 2 is 2.40 bits per heavy atom. The fraction of sp³-hybridized carbons (Fsp3) is 0.909. The molecule has 1 aliphatic rings. The summed E-state index contributed by atoms with van der Waals surface area (Å²) in [5.41, 5.74) is 0. The van der Waals surface area contributed by atoms with Gasteiger partial charge < -0.3 is 15.0 Å². The topological polar surface area (TPSA) is 24.5 Å². The molecule has 1 heterocycles. The lowest BCUT2D eigenvalue weighted by molar-refractivity contribution is 0.113. The first kappa shape index (κ1) is 12.7. The molecule has 0 amide bonds. The maximum Gasteiger partial charge on any atom is 0.169 e. The van der Waals surface area contributed by atoms with E-state index < -0.39 is 0 Å². The highest BCUT2D eigenvalue weighted by Crippen LogP contribution is 2.10. The van der Waals surface area contributed by atoms with Gasteiger partial charge in [0.25, 0.3) is 0 Å². The Balaban J connectivity index is 2.22. The van der Waals surface area contributed by atoms with Gasteiger partial charge in [-0.25, -0.2) is 0 Å². The predicted octanol–water partition coefficient (Wildman–Crippen LogP) is 1.77. The molecule has 1 saturated heterocycles. The fourth-order valence-electron chi connectivity index (χ4n) is 1.61. The largest absolute Gasteiger partial charge is 0.376 e. The Hall–Kier alpha value is -0.350. The van der Waals surface area contributed by atoms with E-state index in [4.69, 9.17) is 17.0 Å². The number of ether oxygens (including phenoxy) is 1.